The maximum Gasteiger partial charge on any atom is 0.315 e. The van der Waals surface area contributed by atoms with Gasteiger partial charge in [0.2, 0.25) is 0 Å². The molecule has 0 fully saturated rings. The number of nitrogens with one attached hydrogen (secondary N) is 3. The first kappa shape index (κ1) is 15.6. The SMILES string of the molecule is C=CCNC(=O)NCCNC(=O)COc1ccccc1. The maximum atomic E-state index is 11.5. The number of carbonyl (C=O) groups excluding carboxylic acids is 2. The Morgan fingerprint density at radius 2 is 1.80 bits per heavy atom. The van der Waals surface area contributed by atoms with Crippen LogP contribution in [0.3, 0.4) is 0 Å². The molecule has 0 aliphatic carbocycles. The second kappa shape index (κ2) is 9.43. The lowest BCUT2D eigenvalue weighted by Crippen LogP contribution is -2.41. The van der Waals surface area contributed by atoms with Crippen LogP contribution >= 0.6 is 0 Å². The summed E-state index contributed by atoms with van der Waals surface area (Å²) in [4.78, 5) is 22.6. The Morgan fingerprint density at radius 3 is 2.50 bits per heavy atom. The van der Waals surface area contributed by atoms with Gasteiger partial charge in [-0.05, 0) is 12.1 Å². The van der Waals surface area contributed by atoms with Crippen LogP contribution in [0.25, 0.3) is 0 Å². The van der Waals surface area contributed by atoms with Crippen LogP contribution in [0.4, 0.5) is 4.79 Å². The van der Waals surface area contributed by atoms with Gasteiger partial charge in [0, 0.05) is 19.6 Å². The van der Waals surface area contributed by atoms with Crippen molar-refractivity contribution in [3.05, 3.63) is 43.0 Å². The van der Waals surface area contributed by atoms with Gasteiger partial charge >= 0.3 is 6.03 Å². The molecule has 0 spiro atoms. The van der Waals surface area contributed by atoms with Crippen molar-refractivity contribution in [2.24, 2.45) is 0 Å². The Morgan fingerprint density at radius 1 is 1.10 bits per heavy atom. The summed E-state index contributed by atoms with van der Waals surface area (Å²) in [5, 5.41) is 7.79. The molecule has 3 amide bonds. The van der Waals surface area contributed by atoms with Gasteiger partial charge in [-0.1, -0.05) is 24.3 Å². The lowest BCUT2D eigenvalue weighted by Gasteiger charge is -2.08. The summed E-state index contributed by atoms with van der Waals surface area (Å²) in [6, 6.07) is 8.80. The van der Waals surface area contributed by atoms with Crippen LogP contribution in [0.2, 0.25) is 0 Å². The van der Waals surface area contributed by atoms with Crippen molar-refractivity contribution in [3.8, 4) is 5.75 Å². The standard InChI is InChI=1S/C14H19N3O3/c1-2-8-16-14(19)17-10-9-15-13(18)11-20-12-6-4-3-5-7-12/h2-7H,1,8-11H2,(H,15,18)(H2,16,17,19). The van der Waals surface area contributed by atoms with E-state index < -0.39 is 0 Å². The maximum absolute atomic E-state index is 11.5. The van der Waals surface area contributed by atoms with Gasteiger partial charge in [0.15, 0.2) is 6.61 Å². The molecule has 0 aromatic heterocycles. The fourth-order valence-electron chi connectivity index (χ4n) is 1.32. The van der Waals surface area contributed by atoms with Crippen molar-refractivity contribution >= 4 is 11.9 Å². The van der Waals surface area contributed by atoms with Crippen molar-refractivity contribution in [2.45, 2.75) is 0 Å². The monoisotopic (exact) mass is 277 g/mol. The van der Waals surface area contributed by atoms with Crippen molar-refractivity contribution < 1.29 is 14.3 Å². The number of carbonyl (C=O) groups is 2. The van der Waals surface area contributed by atoms with E-state index in [4.69, 9.17) is 4.74 Å². The van der Waals surface area contributed by atoms with Crippen LogP contribution < -0.4 is 20.7 Å². The van der Waals surface area contributed by atoms with Crippen molar-refractivity contribution in [3.63, 3.8) is 0 Å². The van der Waals surface area contributed by atoms with E-state index in [0.29, 0.717) is 25.4 Å². The first-order chi connectivity index (χ1) is 9.72. The van der Waals surface area contributed by atoms with Crippen LogP contribution in [0.1, 0.15) is 0 Å². The fourth-order valence-corrected chi connectivity index (χ4v) is 1.32. The van der Waals surface area contributed by atoms with E-state index in [1.807, 2.05) is 18.2 Å². The van der Waals surface area contributed by atoms with Crippen LogP contribution in [0, 0.1) is 0 Å². The molecule has 0 saturated carbocycles. The van der Waals surface area contributed by atoms with Crippen molar-refractivity contribution in [2.75, 3.05) is 26.2 Å². The molecule has 3 N–H and O–H groups in total. The summed E-state index contributed by atoms with van der Waals surface area (Å²) in [5.41, 5.74) is 0. The Hall–Kier alpha value is -2.50. The van der Waals surface area contributed by atoms with Gasteiger partial charge in [0.05, 0.1) is 0 Å². The summed E-state index contributed by atoms with van der Waals surface area (Å²) >= 11 is 0. The molecule has 0 heterocycles. The molecule has 0 unspecified atom stereocenters. The zero-order valence-electron chi connectivity index (χ0n) is 11.2. The first-order valence-corrected chi connectivity index (χ1v) is 6.29. The molecule has 0 aliphatic heterocycles. The Bertz CT molecular complexity index is 435. The minimum absolute atomic E-state index is 0.0489. The largest absolute Gasteiger partial charge is 0.484 e. The highest BCUT2D eigenvalue weighted by molar-refractivity contribution is 5.77. The van der Waals surface area contributed by atoms with Crippen molar-refractivity contribution in [1.82, 2.24) is 16.0 Å². The van der Waals surface area contributed by atoms with Gasteiger partial charge in [-0.15, -0.1) is 6.58 Å². The number of amides is 3. The van der Waals surface area contributed by atoms with Crippen LogP contribution in [-0.2, 0) is 4.79 Å². The van der Waals surface area contributed by atoms with E-state index in [1.54, 1.807) is 18.2 Å². The van der Waals surface area contributed by atoms with E-state index in [9.17, 15) is 9.59 Å². The molecule has 0 aliphatic rings. The number of rotatable bonds is 8. The number of benzene rings is 1. The van der Waals surface area contributed by atoms with E-state index in [1.165, 1.54) is 0 Å². The summed E-state index contributed by atoms with van der Waals surface area (Å²) in [6.07, 6.45) is 1.59. The topological polar surface area (TPSA) is 79.5 Å². The average Bonchev–Trinajstić information content (AvgIpc) is 2.48. The van der Waals surface area contributed by atoms with Gasteiger partial charge < -0.3 is 20.7 Å². The Kier molecular flexibility index (Phi) is 7.34. The lowest BCUT2D eigenvalue weighted by atomic mass is 10.3. The highest BCUT2D eigenvalue weighted by Crippen LogP contribution is 2.07. The minimum Gasteiger partial charge on any atom is -0.484 e. The molecule has 0 bridgehead atoms. The third-order valence-electron chi connectivity index (χ3n) is 2.25. The van der Waals surface area contributed by atoms with Gasteiger partial charge in [-0.3, -0.25) is 4.79 Å². The predicted molar refractivity (Wildman–Crippen MR) is 76.5 cm³/mol. The van der Waals surface area contributed by atoms with E-state index >= 15 is 0 Å². The molecular weight excluding hydrogens is 258 g/mol. The van der Waals surface area contributed by atoms with E-state index in [-0.39, 0.29) is 18.5 Å². The number of ether oxygens (including phenoxy) is 1. The first-order valence-electron chi connectivity index (χ1n) is 6.29. The minimum atomic E-state index is -0.292. The van der Waals surface area contributed by atoms with E-state index in [0.717, 1.165) is 0 Å². The molecule has 0 atom stereocenters. The van der Waals surface area contributed by atoms with Gasteiger partial charge in [0.25, 0.3) is 5.91 Å². The van der Waals surface area contributed by atoms with Crippen LogP contribution in [0.15, 0.2) is 43.0 Å². The zero-order valence-corrected chi connectivity index (χ0v) is 11.2. The molecular formula is C14H19N3O3. The summed E-state index contributed by atoms with van der Waals surface area (Å²) in [7, 11) is 0. The third kappa shape index (κ3) is 7.05. The molecule has 0 radical (unpaired) electrons. The number of hydrogen-bond donors (Lipinski definition) is 3. The summed E-state index contributed by atoms with van der Waals surface area (Å²) < 4.78 is 5.28. The third-order valence-corrected chi connectivity index (χ3v) is 2.25. The number of hydrogen-bond acceptors (Lipinski definition) is 3. The summed E-state index contributed by atoms with van der Waals surface area (Å²) in [5.74, 6) is 0.409. The summed E-state index contributed by atoms with van der Waals surface area (Å²) in [6.45, 7) is 4.53. The van der Waals surface area contributed by atoms with Gasteiger partial charge in [-0.25, -0.2) is 4.79 Å². The van der Waals surface area contributed by atoms with Gasteiger partial charge in [0.1, 0.15) is 5.75 Å². The molecule has 1 rings (SSSR count). The molecule has 6 nitrogen and oxygen atoms in total. The molecule has 1 aromatic carbocycles. The van der Waals surface area contributed by atoms with Crippen LogP contribution in [0.5, 0.6) is 5.75 Å². The smallest absolute Gasteiger partial charge is 0.315 e. The lowest BCUT2D eigenvalue weighted by molar-refractivity contribution is -0.123. The second-order valence-electron chi connectivity index (χ2n) is 3.88. The molecule has 20 heavy (non-hydrogen) atoms. The van der Waals surface area contributed by atoms with E-state index in [2.05, 4.69) is 22.5 Å². The molecule has 1 aromatic rings. The number of para-hydroxylation sites is 1. The quantitative estimate of drug-likeness (QED) is 0.482. The zero-order chi connectivity index (χ0) is 14.6. The normalized spacial score (nSPS) is 9.40. The second-order valence-corrected chi connectivity index (χ2v) is 3.88. The highest BCUT2D eigenvalue weighted by Gasteiger charge is 2.02. The molecule has 108 valence electrons. The fraction of sp³-hybridized carbons (Fsp3) is 0.286. The number of urea groups is 1. The molecule has 0 saturated heterocycles. The van der Waals surface area contributed by atoms with Gasteiger partial charge in [-0.2, -0.15) is 0 Å². The predicted octanol–water partition coefficient (Wildman–Crippen LogP) is 0.667. The van der Waals surface area contributed by atoms with Crippen LogP contribution in [-0.4, -0.2) is 38.2 Å². The average molecular weight is 277 g/mol. The van der Waals surface area contributed by atoms with Crippen molar-refractivity contribution in [1.29, 1.82) is 0 Å². The molecule has 6 heteroatoms. The Balaban J connectivity index is 2.06. The highest BCUT2D eigenvalue weighted by atomic mass is 16.5. The Labute approximate surface area is 118 Å².